The van der Waals surface area contributed by atoms with Crippen molar-refractivity contribution in [1.29, 1.82) is 0 Å². The summed E-state index contributed by atoms with van der Waals surface area (Å²) in [6.07, 6.45) is 0. The predicted octanol–water partition coefficient (Wildman–Crippen LogP) is 4.90. The van der Waals surface area contributed by atoms with Crippen LogP contribution in [0.15, 0.2) is 40.9 Å². The van der Waals surface area contributed by atoms with Crippen molar-refractivity contribution in [1.82, 2.24) is 5.32 Å². The molecule has 0 aromatic heterocycles. The van der Waals surface area contributed by atoms with E-state index in [-0.39, 0.29) is 11.9 Å². The summed E-state index contributed by atoms with van der Waals surface area (Å²) >= 11 is 3.27. The average Bonchev–Trinajstić information content (AvgIpc) is 2.41. The Morgan fingerprint density at radius 1 is 1.15 bits per heavy atom. The summed E-state index contributed by atoms with van der Waals surface area (Å²) in [4.78, 5) is 0. The summed E-state index contributed by atoms with van der Waals surface area (Å²) in [7, 11) is 0. The molecule has 2 aromatic carbocycles. The van der Waals surface area contributed by atoms with E-state index >= 15 is 0 Å². The fraction of sp³-hybridized carbons (Fsp3) is 0.294. The van der Waals surface area contributed by atoms with Gasteiger partial charge in [0.2, 0.25) is 0 Å². The third kappa shape index (κ3) is 3.10. The van der Waals surface area contributed by atoms with E-state index in [0.29, 0.717) is 4.47 Å². The molecule has 0 aliphatic heterocycles. The number of rotatable bonds is 4. The molecule has 0 amide bonds. The van der Waals surface area contributed by atoms with Crippen LogP contribution in [0.3, 0.4) is 0 Å². The molecule has 0 spiro atoms. The Kier molecular flexibility index (Phi) is 4.95. The van der Waals surface area contributed by atoms with Gasteiger partial charge in [0.1, 0.15) is 5.82 Å². The van der Waals surface area contributed by atoms with Crippen LogP contribution in [0.5, 0.6) is 0 Å². The first-order chi connectivity index (χ1) is 9.54. The Labute approximate surface area is 128 Å². The SMILES string of the molecule is CCNC(c1ccc(F)c(Br)c1)c1c(C)cccc1C. The summed E-state index contributed by atoms with van der Waals surface area (Å²) in [6, 6.07) is 11.6. The van der Waals surface area contributed by atoms with Gasteiger partial charge in [0.15, 0.2) is 0 Å². The van der Waals surface area contributed by atoms with Gasteiger partial charge in [-0.1, -0.05) is 31.2 Å². The van der Waals surface area contributed by atoms with Crippen LogP contribution in [0, 0.1) is 19.7 Å². The largest absolute Gasteiger partial charge is 0.307 e. The molecule has 3 heteroatoms. The lowest BCUT2D eigenvalue weighted by atomic mass is 9.91. The van der Waals surface area contributed by atoms with Crippen LogP contribution in [-0.2, 0) is 0 Å². The zero-order valence-electron chi connectivity index (χ0n) is 12.0. The molecule has 0 aliphatic rings. The Morgan fingerprint density at radius 3 is 2.35 bits per heavy atom. The second kappa shape index (κ2) is 6.51. The van der Waals surface area contributed by atoms with E-state index < -0.39 is 0 Å². The Balaban J connectivity index is 2.53. The van der Waals surface area contributed by atoms with E-state index in [1.807, 2.05) is 12.1 Å². The van der Waals surface area contributed by atoms with Gasteiger partial charge in [-0.2, -0.15) is 0 Å². The standard InChI is InChI=1S/C17H19BrFN/c1-4-20-17(13-8-9-15(19)14(18)10-13)16-11(2)6-5-7-12(16)3/h5-10,17,20H,4H2,1-3H3. The zero-order valence-corrected chi connectivity index (χ0v) is 13.6. The minimum atomic E-state index is -0.231. The maximum absolute atomic E-state index is 13.4. The Morgan fingerprint density at radius 2 is 1.80 bits per heavy atom. The van der Waals surface area contributed by atoms with Crippen LogP contribution in [0.25, 0.3) is 0 Å². The molecular formula is C17H19BrFN. The zero-order chi connectivity index (χ0) is 14.7. The number of aryl methyl sites for hydroxylation is 2. The molecule has 0 heterocycles. The minimum absolute atomic E-state index is 0.0816. The Hall–Kier alpha value is -1.19. The second-order valence-electron chi connectivity index (χ2n) is 4.97. The summed E-state index contributed by atoms with van der Waals surface area (Å²) in [5.41, 5.74) is 4.83. The molecule has 2 aromatic rings. The van der Waals surface area contributed by atoms with Crippen LogP contribution < -0.4 is 5.32 Å². The van der Waals surface area contributed by atoms with Gasteiger partial charge in [-0.15, -0.1) is 0 Å². The summed E-state index contributed by atoms with van der Waals surface area (Å²) in [5, 5.41) is 3.50. The van der Waals surface area contributed by atoms with Gasteiger partial charge < -0.3 is 5.32 Å². The van der Waals surface area contributed by atoms with Crippen molar-refractivity contribution in [3.8, 4) is 0 Å². The first-order valence-corrected chi connectivity index (χ1v) is 7.58. The lowest BCUT2D eigenvalue weighted by molar-refractivity contribution is 0.606. The predicted molar refractivity (Wildman–Crippen MR) is 85.5 cm³/mol. The molecule has 0 saturated carbocycles. The molecule has 106 valence electrons. The minimum Gasteiger partial charge on any atom is -0.307 e. The number of halogens is 2. The van der Waals surface area contributed by atoms with Gasteiger partial charge in [0, 0.05) is 0 Å². The summed E-state index contributed by atoms with van der Waals surface area (Å²) in [6.45, 7) is 7.17. The van der Waals surface area contributed by atoms with E-state index in [4.69, 9.17) is 0 Å². The van der Waals surface area contributed by atoms with Crippen LogP contribution in [0.2, 0.25) is 0 Å². The first-order valence-electron chi connectivity index (χ1n) is 6.79. The highest BCUT2D eigenvalue weighted by Gasteiger charge is 2.18. The van der Waals surface area contributed by atoms with Gasteiger partial charge in [0.05, 0.1) is 10.5 Å². The maximum atomic E-state index is 13.4. The molecule has 0 fully saturated rings. The number of benzene rings is 2. The van der Waals surface area contributed by atoms with E-state index in [1.165, 1.54) is 22.8 Å². The lowest BCUT2D eigenvalue weighted by Gasteiger charge is -2.23. The van der Waals surface area contributed by atoms with Crippen molar-refractivity contribution in [2.24, 2.45) is 0 Å². The summed E-state index contributed by atoms with van der Waals surface area (Å²) in [5.74, 6) is -0.231. The third-order valence-corrected chi connectivity index (χ3v) is 4.12. The van der Waals surface area contributed by atoms with Crippen molar-refractivity contribution in [2.75, 3.05) is 6.54 Å². The Bertz CT molecular complexity index is 590. The van der Waals surface area contributed by atoms with Gasteiger partial charge in [-0.05, 0) is 70.7 Å². The first kappa shape index (κ1) is 15.2. The third-order valence-electron chi connectivity index (χ3n) is 3.52. The van der Waals surface area contributed by atoms with E-state index in [2.05, 4.69) is 60.2 Å². The van der Waals surface area contributed by atoms with Gasteiger partial charge in [0.25, 0.3) is 0 Å². The quantitative estimate of drug-likeness (QED) is 0.837. The molecule has 0 radical (unpaired) electrons. The normalized spacial score (nSPS) is 12.4. The molecule has 1 N–H and O–H groups in total. The molecular weight excluding hydrogens is 317 g/mol. The average molecular weight is 336 g/mol. The highest BCUT2D eigenvalue weighted by Crippen LogP contribution is 2.30. The molecule has 0 aliphatic carbocycles. The molecule has 0 bridgehead atoms. The monoisotopic (exact) mass is 335 g/mol. The van der Waals surface area contributed by atoms with E-state index in [0.717, 1.165) is 12.1 Å². The molecule has 20 heavy (non-hydrogen) atoms. The molecule has 0 saturated heterocycles. The lowest BCUT2D eigenvalue weighted by Crippen LogP contribution is -2.23. The van der Waals surface area contributed by atoms with Crippen molar-refractivity contribution >= 4 is 15.9 Å². The fourth-order valence-electron chi connectivity index (χ4n) is 2.57. The van der Waals surface area contributed by atoms with Crippen LogP contribution >= 0.6 is 15.9 Å². The van der Waals surface area contributed by atoms with Gasteiger partial charge >= 0.3 is 0 Å². The van der Waals surface area contributed by atoms with Gasteiger partial charge in [-0.25, -0.2) is 4.39 Å². The molecule has 1 atom stereocenters. The van der Waals surface area contributed by atoms with E-state index in [1.54, 1.807) is 0 Å². The highest BCUT2D eigenvalue weighted by molar-refractivity contribution is 9.10. The van der Waals surface area contributed by atoms with Crippen molar-refractivity contribution in [3.63, 3.8) is 0 Å². The maximum Gasteiger partial charge on any atom is 0.137 e. The van der Waals surface area contributed by atoms with Crippen molar-refractivity contribution in [2.45, 2.75) is 26.8 Å². The molecule has 1 nitrogen and oxygen atoms in total. The van der Waals surface area contributed by atoms with Crippen LogP contribution in [0.4, 0.5) is 4.39 Å². The topological polar surface area (TPSA) is 12.0 Å². The van der Waals surface area contributed by atoms with Crippen LogP contribution in [0.1, 0.15) is 35.2 Å². The van der Waals surface area contributed by atoms with Gasteiger partial charge in [-0.3, -0.25) is 0 Å². The number of nitrogens with one attached hydrogen (secondary N) is 1. The molecule has 1 unspecified atom stereocenters. The van der Waals surface area contributed by atoms with Crippen LogP contribution in [-0.4, -0.2) is 6.54 Å². The van der Waals surface area contributed by atoms with E-state index in [9.17, 15) is 4.39 Å². The summed E-state index contributed by atoms with van der Waals surface area (Å²) < 4.78 is 13.9. The fourth-order valence-corrected chi connectivity index (χ4v) is 2.96. The smallest absolute Gasteiger partial charge is 0.137 e. The number of hydrogen-bond donors (Lipinski definition) is 1. The molecule has 2 rings (SSSR count). The van der Waals surface area contributed by atoms with Crippen molar-refractivity contribution < 1.29 is 4.39 Å². The highest BCUT2D eigenvalue weighted by atomic mass is 79.9. The number of hydrogen-bond acceptors (Lipinski definition) is 1. The van der Waals surface area contributed by atoms with Crippen molar-refractivity contribution in [3.05, 3.63) is 68.9 Å². The second-order valence-corrected chi connectivity index (χ2v) is 5.82.